The predicted octanol–water partition coefficient (Wildman–Crippen LogP) is 8.93. The fourth-order valence-electron chi connectivity index (χ4n) is 4.27. The number of rotatable bonds is 31. The Morgan fingerprint density at radius 1 is 0.721 bits per heavy atom. The van der Waals surface area contributed by atoms with Crippen LogP contribution in [0.3, 0.4) is 0 Å². The third kappa shape index (κ3) is 32.2. The molecule has 9 heteroatoms. The largest absolute Gasteiger partial charge is 0.472 e. The van der Waals surface area contributed by atoms with Crippen LogP contribution in [0.15, 0.2) is 24.3 Å². The molecule has 8 nitrogen and oxygen atoms in total. The van der Waals surface area contributed by atoms with Gasteiger partial charge in [-0.3, -0.25) is 13.8 Å². The van der Waals surface area contributed by atoms with Crippen molar-refractivity contribution < 1.29 is 37.3 Å². The molecule has 0 bridgehead atoms. The van der Waals surface area contributed by atoms with Gasteiger partial charge in [0.05, 0.1) is 34.4 Å². The van der Waals surface area contributed by atoms with E-state index >= 15 is 0 Å². The Hall–Kier alpha value is -1.02. The number of phosphoric ester groups is 1. The van der Waals surface area contributed by atoms with Gasteiger partial charge in [0, 0.05) is 13.0 Å². The number of carbonyl (C=O) groups excluding carboxylic acids is 1. The standard InChI is InChI=1S/C34H66NO7P/c1-6-8-10-12-14-15-16-17-18-19-20-21-23-25-27-34(36)42-33(31-39-29-26-24-22-13-11-9-7-2)32-41-43(37,38)40-30-28-35(3,4)5/h12,14,16-17,33H,6-11,13,15,18-32H2,1-5H3/p+1/b14-12-,17-16-. The molecule has 2 atom stereocenters. The van der Waals surface area contributed by atoms with Crippen LogP contribution in [-0.2, 0) is 27.9 Å². The van der Waals surface area contributed by atoms with Crippen LogP contribution in [-0.4, -0.2) is 75.6 Å². The summed E-state index contributed by atoms with van der Waals surface area (Å²) < 4.78 is 34.6. The maximum atomic E-state index is 12.5. The Bertz CT molecular complexity index is 752. The zero-order valence-electron chi connectivity index (χ0n) is 28.4. The van der Waals surface area contributed by atoms with Crippen molar-refractivity contribution >= 4 is 13.8 Å². The number of carbonyl (C=O) groups is 1. The molecule has 43 heavy (non-hydrogen) atoms. The molecule has 0 aromatic rings. The third-order valence-corrected chi connectivity index (χ3v) is 8.00. The molecule has 0 spiro atoms. The summed E-state index contributed by atoms with van der Waals surface area (Å²) >= 11 is 0. The van der Waals surface area contributed by atoms with E-state index in [-0.39, 0.29) is 25.8 Å². The number of ether oxygens (including phenoxy) is 2. The van der Waals surface area contributed by atoms with Gasteiger partial charge in [-0.15, -0.1) is 0 Å². The lowest BCUT2D eigenvalue weighted by molar-refractivity contribution is -0.870. The fraction of sp³-hybridized carbons (Fsp3) is 0.853. The van der Waals surface area contributed by atoms with E-state index in [4.69, 9.17) is 18.5 Å². The lowest BCUT2D eigenvalue weighted by Crippen LogP contribution is -2.37. The summed E-state index contributed by atoms with van der Waals surface area (Å²) in [6, 6.07) is 0. The van der Waals surface area contributed by atoms with Gasteiger partial charge < -0.3 is 18.9 Å². The molecular formula is C34H67NO7P+. The van der Waals surface area contributed by atoms with Crippen LogP contribution in [0.5, 0.6) is 0 Å². The molecule has 0 saturated heterocycles. The second-order valence-electron chi connectivity index (χ2n) is 12.5. The topological polar surface area (TPSA) is 91.3 Å². The van der Waals surface area contributed by atoms with Gasteiger partial charge >= 0.3 is 13.8 Å². The van der Waals surface area contributed by atoms with Crippen LogP contribution in [0, 0.1) is 0 Å². The minimum Gasteiger partial charge on any atom is -0.457 e. The smallest absolute Gasteiger partial charge is 0.457 e. The fourth-order valence-corrected chi connectivity index (χ4v) is 5.01. The molecule has 0 radical (unpaired) electrons. The van der Waals surface area contributed by atoms with E-state index in [2.05, 4.69) is 38.2 Å². The van der Waals surface area contributed by atoms with Gasteiger partial charge in [-0.2, -0.15) is 0 Å². The maximum absolute atomic E-state index is 12.5. The van der Waals surface area contributed by atoms with E-state index in [9.17, 15) is 14.3 Å². The molecule has 0 saturated carbocycles. The zero-order chi connectivity index (χ0) is 32.1. The Labute approximate surface area is 264 Å². The molecule has 254 valence electrons. The average molecular weight is 633 g/mol. The minimum absolute atomic E-state index is 0.0866. The molecule has 0 aromatic heterocycles. The van der Waals surface area contributed by atoms with Crippen LogP contribution in [0.2, 0.25) is 0 Å². The van der Waals surface area contributed by atoms with Crippen LogP contribution < -0.4 is 0 Å². The van der Waals surface area contributed by atoms with Crippen molar-refractivity contribution in [3.05, 3.63) is 24.3 Å². The number of unbranched alkanes of at least 4 members (excludes halogenated alkanes) is 13. The summed E-state index contributed by atoms with van der Waals surface area (Å²) in [6.45, 7) is 5.51. The van der Waals surface area contributed by atoms with E-state index in [0.29, 0.717) is 24.1 Å². The first kappa shape index (κ1) is 42.0. The van der Waals surface area contributed by atoms with Crippen molar-refractivity contribution in [2.45, 2.75) is 136 Å². The lowest BCUT2D eigenvalue weighted by Gasteiger charge is -2.24. The number of quaternary nitrogens is 1. The second kappa shape index (κ2) is 28.5. The number of likely N-dealkylation sites (N-methyl/N-ethyl adjacent to an activating group) is 1. The van der Waals surface area contributed by atoms with Crippen LogP contribution in [0.1, 0.15) is 129 Å². The van der Waals surface area contributed by atoms with Gasteiger partial charge in [0.15, 0.2) is 0 Å². The molecule has 0 aromatic carbocycles. The Balaban J connectivity index is 4.34. The summed E-state index contributed by atoms with van der Waals surface area (Å²) in [5, 5.41) is 0. The minimum atomic E-state index is -4.26. The van der Waals surface area contributed by atoms with Crippen LogP contribution in [0.25, 0.3) is 0 Å². The van der Waals surface area contributed by atoms with Crippen molar-refractivity contribution in [3.63, 3.8) is 0 Å². The molecule has 0 heterocycles. The predicted molar refractivity (Wildman–Crippen MR) is 178 cm³/mol. The average Bonchev–Trinajstić information content (AvgIpc) is 2.94. The number of phosphoric acid groups is 1. The number of allylic oxidation sites excluding steroid dienone is 4. The van der Waals surface area contributed by atoms with E-state index < -0.39 is 13.9 Å². The SMILES string of the molecule is CCCC/C=C\C/C=C\CCCCCCCC(=O)OC(COCCCCCCCCC)COP(=O)(O)OCC[N+](C)(C)C. The quantitative estimate of drug-likeness (QED) is 0.0268. The number of nitrogens with zero attached hydrogens (tertiary/aromatic N) is 1. The number of hydrogen-bond acceptors (Lipinski definition) is 6. The van der Waals surface area contributed by atoms with Gasteiger partial charge in [-0.1, -0.05) is 109 Å². The zero-order valence-corrected chi connectivity index (χ0v) is 29.3. The molecule has 0 aliphatic rings. The van der Waals surface area contributed by atoms with Crippen LogP contribution >= 0.6 is 7.82 Å². The van der Waals surface area contributed by atoms with E-state index in [1.807, 2.05) is 21.1 Å². The summed E-state index contributed by atoms with van der Waals surface area (Å²) in [5.74, 6) is -0.332. The van der Waals surface area contributed by atoms with Gasteiger partial charge in [0.25, 0.3) is 0 Å². The molecule has 0 aliphatic heterocycles. The van der Waals surface area contributed by atoms with E-state index in [1.165, 1.54) is 51.4 Å². The molecule has 1 N–H and O–H groups in total. The molecule has 0 aliphatic carbocycles. The highest BCUT2D eigenvalue weighted by Gasteiger charge is 2.26. The van der Waals surface area contributed by atoms with Crippen LogP contribution in [0.4, 0.5) is 0 Å². The van der Waals surface area contributed by atoms with Crippen molar-refractivity contribution in [3.8, 4) is 0 Å². The van der Waals surface area contributed by atoms with Gasteiger partial charge in [0.2, 0.25) is 0 Å². The Morgan fingerprint density at radius 2 is 1.30 bits per heavy atom. The molecular weight excluding hydrogens is 565 g/mol. The van der Waals surface area contributed by atoms with Gasteiger partial charge in [0.1, 0.15) is 19.3 Å². The molecule has 0 fully saturated rings. The first-order valence-corrected chi connectivity index (χ1v) is 18.6. The monoisotopic (exact) mass is 632 g/mol. The Kier molecular flexibility index (Phi) is 27.8. The molecule has 2 unspecified atom stereocenters. The number of hydrogen-bond donors (Lipinski definition) is 1. The highest BCUT2D eigenvalue weighted by atomic mass is 31.2. The molecule has 0 rings (SSSR count). The number of esters is 1. The molecule has 0 amide bonds. The van der Waals surface area contributed by atoms with Gasteiger partial charge in [-0.25, -0.2) is 4.57 Å². The summed E-state index contributed by atoms with van der Waals surface area (Å²) in [7, 11) is 1.65. The van der Waals surface area contributed by atoms with Crippen molar-refractivity contribution in [2.24, 2.45) is 0 Å². The third-order valence-electron chi connectivity index (χ3n) is 7.02. The van der Waals surface area contributed by atoms with E-state index in [0.717, 1.165) is 57.8 Å². The Morgan fingerprint density at radius 3 is 1.95 bits per heavy atom. The summed E-state index contributed by atoms with van der Waals surface area (Å²) in [5.41, 5.74) is 0. The summed E-state index contributed by atoms with van der Waals surface area (Å²) in [6.07, 6.45) is 27.8. The summed E-state index contributed by atoms with van der Waals surface area (Å²) in [4.78, 5) is 22.6. The highest BCUT2D eigenvalue weighted by molar-refractivity contribution is 7.47. The first-order valence-electron chi connectivity index (χ1n) is 17.1. The van der Waals surface area contributed by atoms with Crippen molar-refractivity contribution in [1.82, 2.24) is 0 Å². The highest BCUT2D eigenvalue weighted by Crippen LogP contribution is 2.43. The first-order chi connectivity index (χ1) is 20.6. The normalized spacial score (nSPS) is 14.5. The maximum Gasteiger partial charge on any atom is 0.472 e. The van der Waals surface area contributed by atoms with Crippen molar-refractivity contribution in [1.29, 1.82) is 0 Å². The van der Waals surface area contributed by atoms with E-state index in [1.54, 1.807) is 0 Å². The van der Waals surface area contributed by atoms with Crippen molar-refractivity contribution in [2.75, 3.05) is 54.1 Å². The second-order valence-corrected chi connectivity index (χ2v) is 14.0. The lowest BCUT2D eigenvalue weighted by atomic mass is 10.1. The van der Waals surface area contributed by atoms with Gasteiger partial charge in [-0.05, 0) is 38.5 Å².